The van der Waals surface area contributed by atoms with E-state index in [1.807, 2.05) is 4.90 Å². The SMILES string of the molecule is COc1ccc(C(=O)N2CCC[C@@H](Nc3ncc(Cl)cn3)C2)c(-n2nccn2)c1. The number of hydrogen-bond donors (Lipinski definition) is 1. The third-order valence-corrected chi connectivity index (χ3v) is 4.93. The Labute approximate surface area is 172 Å². The van der Waals surface area contributed by atoms with Crippen molar-refractivity contribution < 1.29 is 9.53 Å². The molecule has 1 N–H and O–H groups in total. The molecular weight excluding hydrogens is 394 g/mol. The van der Waals surface area contributed by atoms with E-state index < -0.39 is 0 Å². The highest BCUT2D eigenvalue weighted by molar-refractivity contribution is 6.30. The summed E-state index contributed by atoms with van der Waals surface area (Å²) >= 11 is 5.84. The van der Waals surface area contributed by atoms with Crippen LogP contribution in [-0.4, -0.2) is 62.0 Å². The molecule has 0 saturated carbocycles. The lowest BCUT2D eigenvalue weighted by atomic mass is 10.0. The van der Waals surface area contributed by atoms with Crippen molar-refractivity contribution in [2.75, 3.05) is 25.5 Å². The normalized spacial score (nSPS) is 16.5. The van der Waals surface area contributed by atoms with Crippen LogP contribution in [0.3, 0.4) is 0 Å². The zero-order valence-corrected chi connectivity index (χ0v) is 16.6. The number of carbonyl (C=O) groups excluding carboxylic acids is 1. The van der Waals surface area contributed by atoms with E-state index in [0.717, 1.165) is 12.8 Å². The number of methoxy groups -OCH3 is 1. The molecule has 29 heavy (non-hydrogen) atoms. The Morgan fingerprint density at radius 2 is 2.00 bits per heavy atom. The maximum absolute atomic E-state index is 13.3. The summed E-state index contributed by atoms with van der Waals surface area (Å²) in [6, 6.07) is 5.33. The number of benzene rings is 1. The number of amides is 1. The molecule has 2 aromatic heterocycles. The number of hydrogen-bond acceptors (Lipinski definition) is 7. The number of likely N-dealkylation sites (tertiary alicyclic amines) is 1. The van der Waals surface area contributed by atoms with Gasteiger partial charge in [0.2, 0.25) is 5.95 Å². The second kappa shape index (κ2) is 8.44. The van der Waals surface area contributed by atoms with Gasteiger partial charge in [0.25, 0.3) is 5.91 Å². The number of halogens is 1. The number of aromatic nitrogens is 5. The average Bonchev–Trinajstić information content (AvgIpc) is 3.29. The molecule has 1 aliphatic heterocycles. The van der Waals surface area contributed by atoms with Crippen LogP contribution in [0.15, 0.2) is 43.0 Å². The summed E-state index contributed by atoms with van der Waals surface area (Å²) in [6.07, 6.45) is 8.03. The molecule has 3 heterocycles. The Bertz CT molecular complexity index is 979. The Hall–Kier alpha value is -3.20. The number of rotatable bonds is 5. The molecule has 1 aromatic carbocycles. The van der Waals surface area contributed by atoms with Gasteiger partial charge in [-0.1, -0.05) is 11.6 Å². The van der Waals surface area contributed by atoms with Gasteiger partial charge in [-0.05, 0) is 25.0 Å². The first-order valence-electron chi connectivity index (χ1n) is 9.22. The standard InChI is InChI=1S/C19H20ClN7O2/c1-29-15-4-5-16(17(9-15)27-23-6-7-24-27)18(28)26-8-2-3-14(12-26)25-19-21-10-13(20)11-22-19/h4-7,9-11,14H,2-3,8,12H2,1H3,(H,21,22,25)/t14-/m1/s1. The summed E-state index contributed by atoms with van der Waals surface area (Å²) in [7, 11) is 1.58. The molecule has 0 unspecified atom stereocenters. The molecule has 9 nitrogen and oxygen atoms in total. The molecule has 1 atom stereocenters. The third-order valence-electron chi connectivity index (χ3n) is 4.73. The van der Waals surface area contributed by atoms with Crippen molar-refractivity contribution in [3.05, 3.63) is 53.6 Å². The maximum atomic E-state index is 13.3. The van der Waals surface area contributed by atoms with Gasteiger partial charge in [0.15, 0.2) is 0 Å². The van der Waals surface area contributed by atoms with Crippen molar-refractivity contribution in [3.63, 3.8) is 0 Å². The van der Waals surface area contributed by atoms with Crippen LogP contribution >= 0.6 is 11.6 Å². The maximum Gasteiger partial charge on any atom is 0.256 e. The monoisotopic (exact) mass is 413 g/mol. The molecule has 0 bridgehead atoms. The van der Waals surface area contributed by atoms with E-state index >= 15 is 0 Å². The predicted octanol–water partition coefficient (Wildman–Crippen LogP) is 2.44. The molecule has 0 radical (unpaired) electrons. The fraction of sp³-hybridized carbons (Fsp3) is 0.316. The van der Waals surface area contributed by atoms with Gasteiger partial charge < -0.3 is 15.0 Å². The van der Waals surface area contributed by atoms with Crippen LogP contribution in [-0.2, 0) is 0 Å². The summed E-state index contributed by atoms with van der Waals surface area (Å²) < 4.78 is 5.30. The van der Waals surface area contributed by atoms with Crippen molar-refractivity contribution in [2.24, 2.45) is 0 Å². The third kappa shape index (κ3) is 4.29. The van der Waals surface area contributed by atoms with Gasteiger partial charge in [-0.25, -0.2) is 9.97 Å². The van der Waals surface area contributed by atoms with Gasteiger partial charge in [0.1, 0.15) is 11.4 Å². The molecule has 1 saturated heterocycles. The number of carbonyl (C=O) groups is 1. The van der Waals surface area contributed by atoms with Crippen LogP contribution in [0.2, 0.25) is 5.02 Å². The molecular formula is C19H20ClN7O2. The Kier molecular flexibility index (Phi) is 5.57. The van der Waals surface area contributed by atoms with E-state index in [0.29, 0.717) is 41.1 Å². The van der Waals surface area contributed by atoms with E-state index in [1.54, 1.807) is 50.1 Å². The first-order chi connectivity index (χ1) is 14.1. The molecule has 4 rings (SSSR count). The summed E-state index contributed by atoms with van der Waals surface area (Å²) in [5.41, 5.74) is 1.10. The first kappa shape index (κ1) is 19.1. The van der Waals surface area contributed by atoms with E-state index in [1.165, 1.54) is 4.80 Å². The molecule has 1 amide bonds. The highest BCUT2D eigenvalue weighted by atomic mass is 35.5. The molecule has 0 aliphatic carbocycles. The zero-order chi connectivity index (χ0) is 20.2. The quantitative estimate of drug-likeness (QED) is 0.685. The number of piperidine rings is 1. The molecule has 1 fully saturated rings. The second-order valence-corrected chi connectivity index (χ2v) is 7.10. The van der Waals surface area contributed by atoms with E-state index in [9.17, 15) is 4.79 Å². The second-order valence-electron chi connectivity index (χ2n) is 6.66. The van der Waals surface area contributed by atoms with Crippen LogP contribution in [0.25, 0.3) is 5.69 Å². The Morgan fingerprint density at radius 3 is 2.72 bits per heavy atom. The molecule has 10 heteroatoms. The van der Waals surface area contributed by atoms with Crippen molar-refractivity contribution in [1.29, 1.82) is 0 Å². The minimum Gasteiger partial charge on any atom is -0.497 e. The lowest BCUT2D eigenvalue weighted by molar-refractivity contribution is 0.0714. The average molecular weight is 414 g/mol. The van der Waals surface area contributed by atoms with Gasteiger partial charge in [-0.15, -0.1) is 0 Å². The lowest BCUT2D eigenvalue weighted by Gasteiger charge is -2.33. The Balaban J connectivity index is 1.54. The predicted molar refractivity (Wildman–Crippen MR) is 108 cm³/mol. The fourth-order valence-corrected chi connectivity index (χ4v) is 3.44. The fourth-order valence-electron chi connectivity index (χ4n) is 3.34. The summed E-state index contributed by atoms with van der Waals surface area (Å²) in [5, 5.41) is 12.1. The molecule has 0 spiro atoms. The van der Waals surface area contributed by atoms with Crippen LogP contribution in [0.5, 0.6) is 5.75 Å². The lowest BCUT2D eigenvalue weighted by Crippen LogP contribution is -2.45. The summed E-state index contributed by atoms with van der Waals surface area (Å²) in [5.74, 6) is 1.05. The van der Waals surface area contributed by atoms with Crippen LogP contribution in [0.4, 0.5) is 5.95 Å². The summed E-state index contributed by atoms with van der Waals surface area (Å²) in [6.45, 7) is 1.22. The van der Waals surface area contributed by atoms with Crippen LogP contribution in [0, 0.1) is 0 Å². The first-order valence-corrected chi connectivity index (χ1v) is 9.60. The number of anilines is 1. The van der Waals surface area contributed by atoms with Gasteiger partial charge in [-0.3, -0.25) is 4.79 Å². The van der Waals surface area contributed by atoms with Crippen molar-refractivity contribution in [2.45, 2.75) is 18.9 Å². The number of nitrogens with zero attached hydrogens (tertiary/aromatic N) is 6. The highest BCUT2D eigenvalue weighted by Crippen LogP contribution is 2.24. The van der Waals surface area contributed by atoms with E-state index in [4.69, 9.17) is 16.3 Å². The molecule has 3 aromatic rings. The summed E-state index contributed by atoms with van der Waals surface area (Å²) in [4.78, 5) is 24.9. The minimum atomic E-state index is -0.0801. The smallest absolute Gasteiger partial charge is 0.256 e. The van der Waals surface area contributed by atoms with Gasteiger partial charge in [0, 0.05) is 25.2 Å². The van der Waals surface area contributed by atoms with E-state index in [-0.39, 0.29) is 11.9 Å². The highest BCUT2D eigenvalue weighted by Gasteiger charge is 2.27. The topological polar surface area (TPSA) is 98.1 Å². The minimum absolute atomic E-state index is 0.0541. The van der Waals surface area contributed by atoms with Crippen LogP contribution in [0.1, 0.15) is 23.2 Å². The van der Waals surface area contributed by atoms with Gasteiger partial charge in [0.05, 0.1) is 42.5 Å². The van der Waals surface area contributed by atoms with Crippen molar-refractivity contribution in [1.82, 2.24) is 29.9 Å². The number of nitrogens with one attached hydrogen (secondary N) is 1. The Morgan fingerprint density at radius 1 is 1.24 bits per heavy atom. The van der Waals surface area contributed by atoms with Gasteiger partial charge in [-0.2, -0.15) is 15.0 Å². The zero-order valence-electron chi connectivity index (χ0n) is 15.8. The van der Waals surface area contributed by atoms with Crippen molar-refractivity contribution >= 4 is 23.5 Å². The molecule has 150 valence electrons. The van der Waals surface area contributed by atoms with E-state index in [2.05, 4.69) is 25.5 Å². The number of ether oxygens (including phenoxy) is 1. The van der Waals surface area contributed by atoms with Gasteiger partial charge >= 0.3 is 0 Å². The van der Waals surface area contributed by atoms with Crippen molar-refractivity contribution in [3.8, 4) is 11.4 Å². The largest absolute Gasteiger partial charge is 0.497 e. The molecule has 1 aliphatic rings. The van der Waals surface area contributed by atoms with Crippen LogP contribution < -0.4 is 10.1 Å².